The van der Waals surface area contributed by atoms with Crippen LogP contribution in [0, 0.1) is 0 Å². The lowest BCUT2D eigenvalue weighted by atomic mass is 10.5. The number of hydrogen-bond acceptors (Lipinski definition) is 6. The van der Waals surface area contributed by atoms with Crippen LogP contribution >= 0.6 is 0 Å². The Hall–Kier alpha value is -2.13. The van der Waals surface area contributed by atoms with Crippen molar-refractivity contribution in [2.75, 3.05) is 32.2 Å². The van der Waals surface area contributed by atoms with Gasteiger partial charge in [0.15, 0.2) is 11.2 Å². The van der Waals surface area contributed by atoms with Crippen LogP contribution in [0.4, 0.5) is 5.95 Å². The van der Waals surface area contributed by atoms with Gasteiger partial charge in [-0.25, -0.2) is 4.79 Å². The van der Waals surface area contributed by atoms with E-state index in [1.54, 1.807) is 4.57 Å². The van der Waals surface area contributed by atoms with Crippen molar-refractivity contribution in [3.05, 3.63) is 20.8 Å². The highest BCUT2D eigenvalue weighted by molar-refractivity contribution is 5.74. The van der Waals surface area contributed by atoms with Gasteiger partial charge in [-0.05, 0) is 6.92 Å². The van der Waals surface area contributed by atoms with E-state index in [1.165, 1.54) is 11.7 Å². The molecule has 0 fully saturated rings. The normalized spacial score (nSPS) is 11.2. The number of aromatic nitrogens is 4. The van der Waals surface area contributed by atoms with Crippen molar-refractivity contribution in [2.45, 2.75) is 20.0 Å². The maximum atomic E-state index is 12.1. The first kappa shape index (κ1) is 15.3. The zero-order valence-corrected chi connectivity index (χ0v) is 12.0. The Kier molecular flexibility index (Phi) is 4.76. The molecule has 2 rings (SSSR count). The number of aliphatic hydroxyl groups excluding tert-OH is 1. The Morgan fingerprint density at radius 1 is 1.38 bits per heavy atom. The summed E-state index contributed by atoms with van der Waals surface area (Å²) in [6.07, 6.45) is 0. The number of aryl methyl sites for hydroxylation is 1. The van der Waals surface area contributed by atoms with E-state index in [9.17, 15) is 9.59 Å². The van der Waals surface area contributed by atoms with Gasteiger partial charge in [0.1, 0.15) is 0 Å². The number of H-pyrrole nitrogens is 1. The lowest BCUT2D eigenvalue weighted by Crippen LogP contribution is -2.32. The van der Waals surface area contributed by atoms with Gasteiger partial charge >= 0.3 is 5.69 Å². The lowest BCUT2D eigenvalue weighted by Gasteiger charge is -2.06. The smallest absolute Gasteiger partial charge is 0.330 e. The molecule has 2 aromatic rings. The summed E-state index contributed by atoms with van der Waals surface area (Å²) in [6, 6.07) is 0. The monoisotopic (exact) mass is 297 g/mol. The molecule has 0 spiro atoms. The van der Waals surface area contributed by atoms with Gasteiger partial charge in [-0.2, -0.15) is 4.98 Å². The van der Waals surface area contributed by atoms with E-state index in [0.717, 1.165) is 0 Å². The van der Waals surface area contributed by atoms with Gasteiger partial charge in [0.25, 0.3) is 5.56 Å². The number of methoxy groups -OCH3 is 1. The zero-order valence-electron chi connectivity index (χ0n) is 12.0. The second-order valence-corrected chi connectivity index (χ2v) is 4.41. The van der Waals surface area contributed by atoms with E-state index in [1.807, 2.05) is 6.92 Å². The molecule has 9 heteroatoms. The van der Waals surface area contributed by atoms with Crippen LogP contribution in [-0.2, 0) is 17.8 Å². The molecule has 0 saturated heterocycles. The van der Waals surface area contributed by atoms with Crippen LogP contribution in [0.25, 0.3) is 11.2 Å². The van der Waals surface area contributed by atoms with E-state index in [0.29, 0.717) is 43.4 Å². The Balaban J connectivity index is 2.66. The van der Waals surface area contributed by atoms with Crippen LogP contribution < -0.4 is 16.6 Å². The van der Waals surface area contributed by atoms with E-state index in [4.69, 9.17) is 9.84 Å². The van der Waals surface area contributed by atoms with Crippen molar-refractivity contribution in [1.82, 2.24) is 19.1 Å². The summed E-state index contributed by atoms with van der Waals surface area (Å²) in [5.41, 5.74) is -0.356. The van der Waals surface area contributed by atoms with Crippen molar-refractivity contribution < 1.29 is 9.84 Å². The van der Waals surface area contributed by atoms with Crippen molar-refractivity contribution in [3.8, 4) is 0 Å². The summed E-state index contributed by atoms with van der Waals surface area (Å²) in [5.74, 6) is 0.448. The van der Waals surface area contributed by atoms with Crippen molar-refractivity contribution in [1.29, 1.82) is 0 Å². The average molecular weight is 297 g/mol. The number of ether oxygens (including phenoxy) is 1. The number of hydrogen-bond donors (Lipinski definition) is 3. The van der Waals surface area contributed by atoms with Crippen LogP contribution in [0.3, 0.4) is 0 Å². The number of fused-ring (bicyclic) bond motifs is 1. The number of aliphatic hydroxyl groups is 1. The summed E-state index contributed by atoms with van der Waals surface area (Å²) in [5, 5.41) is 11.8. The largest absolute Gasteiger partial charge is 0.395 e. The highest BCUT2D eigenvalue weighted by atomic mass is 16.5. The maximum absolute atomic E-state index is 12.1. The summed E-state index contributed by atoms with van der Waals surface area (Å²) in [4.78, 5) is 30.6. The number of aromatic amines is 1. The molecule has 2 heterocycles. The number of nitrogens with one attached hydrogen (secondary N) is 2. The molecule has 0 amide bonds. The van der Waals surface area contributed by atoms with Crippen LogP contribution in [0.2, 0.25) is 0 Å². The molecule has 0 bridgehead atoms. The van der Waals surface area contributed by atoms with Crippen molar-refractivity contribution in [2.24, 2.45) is 0 Å². The minimum Gasteiger partial charge on any atom is -0.395 e. The zero-order chi connectivity index (χ0) is 15.4. The fourth-order valence-electron chi connectivity index (χ4n) is 2.17. The molecular weight excluding hydrogens is 278 g/mol. The minimum absolute atomic E-state index is 0.0558. The molecule has 116 valence electrons. The highest BCUT2D eigenvalue weighted by Gasteiger charge is 2.17. The molecule has 21 heavy (non-hydrogen) atoms. The molecule has 9 nitrogen and oxygen atoms in total. The Morgan fingerprint density at radius 3 is 2.76 bits per heavy atom. The van der Waals surface area contributed by atoms with Gasteiger partial charge < -0.3 is 19.7 Å². The van der Waals surface area contributed by atoms with Crippen LogP contribution in [0.5, 0.6) is 0 Å². The van der Waals surface area contributed by atoms with Crippen LogP contribution in [-0.4, -0.2) is 51.1 Å². The molecule has 0 radical (unpaired) electrons. The fourth-order valence-corrected chi connectivity index (χ4v) is 2.17. The number of imidazole rings is 1. The highest BCUT2D eigenvalue weighted by Crippen LogP contribution is 2.15. The third kappa shape index (κ3) is 2.83. The third-order valence-corrected chi connectivity index (χ3v) is 3.12. The third-order valence-electron chi connectivity index (χ3n) is 3.12. The standard InChI is InChI=1S/C12H19N5O4/c1-3-16-8-9(14-11(16)13-4-6-18)17(5-7-21-2)12(20)15-10(8)19/h18H,3-7H2,1-2H3,(H,13,14)(H,15,19,20). The van der Waals surface area contributed by atoms with Gasteiger partial charge in [0, 0.05) is 20.2 Å². The molecule has 0 unspecified atom stereocenters. The molecule has 0 aliphatic carbocycles. The van der Waals surface area contributed by atoms with Crippen molar-refractivity contribution in [3.63, 3.8) is 0 Å². The summed E-state index contributed by atoms with van der Waals surface area (Å²) in [7, 11) is 1.53. The van der Waals surface area contributed by atoms with Gasteiger partial charge in [0.2, 0.25) is 5.95 Å². The molecule has 0 aliphatic heterocycles. The summed E-state index contributed by atoms with van der Waals surface area (Å²) >= 11 is 0. The first-order chi connectivity index (χ1) is 10.1. The first-order valence-corrected chi connectivity index (χ1v) is 6.71. The predicted octanol–water partition coefficient (Wildman–Crippen LogP) is -1.04. The molecular formula is C12H19N5O4. The van der Waals surface area contributed by atoms with Crippen LogP contribution in [0.1, 0.15) is 6.92 Å². The lowest BCUT2D eigenvalue weighted by molar-refractivity contribution is 0.187. The van der Waals surface area contributed by atoms with Gasteiger partial charge in [0.05, 0.1) is 19.8 Å². The molecule has 3 N–H and O–H groups in total. The topological polar surface area (TPSA) is 114 Å². The number of anilines is 1. The maximum Gasteiger partial charge on any atom is 0.330 e. The second kappa shape index (κ2) is 6.55. The SMILES string of the molecule is CCn1c(NCCO)nc2c1c(=O)[nH]c(=O)n2CCOC. The Bertz CT molecular complexity index is 730. The van der Waals surface area contributed by atoms with E-state index in [-0.39, 0.29) is 6.61 Å². The van der Waals surface area contributed by atoms with E-state index >= 15 is 0 Å². The predicted molar refractivity (Wildman–Crippen MR) is 77.7 cm³/mol. The molecule has 0 aromatic carbocycles. The van der Waals surface area contributed by atoms with Crippen LogP contribution in [0.15, 0.2) is 9.59 Å². The second-order valence-electron chi connectivity index (χ2n) is 4.41. The molecule has 0 atom stereocenters. The fraction of sp³-hybridized carbons (Fsp3) is 0.583. The van der Waals surface area contributed by atoms with Crippen molar-refractivity contribution >= 4 is 17.1 Å². The van der Waals surface area contributed by atoms with E-state index < -0.39 is 11.2 Å². The number of nitrogens with zero attached hydrogens (tertiary/aromatic N) is 3. The Morgan fingerprint density at radius 2 is 2.14 bits per heavy atom. The molecule has 0 aliphatic rings. The van der Waals surface area contributed by atoms with E-state index in [2.05, 4.69) is 15.3 Å². The summed E-state index contributed by atoms with van der Waals surface area (Å²) < 4.78 is 8.02. The van der Waals surface area contributed by atoms with Gasteiger partial charge in [-0.15, -0.1) is 0 Å². The average Bonchev–Trinajstić information content (AvgIpc) is 2.83. The quantitative estimate of drug-likeness (QED) is 0.601. The summed E-state index contributed by atoms with van der Waals surface area (Å²) in [6.45, 7) is 3.26. The number of rotatable bonds is 7. The first-order valence-electron chi connectivity index (χ1n) is 6.71. The van der Waals surface area contributed by atoms with Gasteiger partial charge in [-0.1, -0.05) is 0 Å². The molecule has 0 saturated carbocycles. The van der Waals surface area contributed by atoms with Gasteiger partial charge in [-0.3, -0.25) is 14.3 Å². The molecule has 2 aromatic heterocycles. The minimum atomic E-state index is -0.515. The Labute approximate surface area is 120 Å².